The molecule has 0 aliphatic heterocycles. The van der Waals surface area contributed by atoms with Crippen LogP contribution < -0.4 is 45.2 Å². The van der Waals surface area contributed by atoms with Crippen LogP contribution in [0.4, 0.5) is 0 Å². The Morgan fingerprint density at radius 3 is 0.891 bits per heavy atom. The third kappa shape index (κ3) is 16.8. The molecular weight excluding hydrogens is 1030 g/mol. The van der Waals surface area contributed by atoms with Gasteiger partial charge in [0.1, 0.15) is 0 Å². The molecule has 4 nitrogen and oxygen atoms in total. The van der Waals surface area contributed by atoms with Gasteiger partial charge < -0.3 is 33.5 Å². The van der Waals surface area contributed by atoms with Crippen molar-refractivity contribution in [1.29, 1.82) is 0 Å². The Hall–Kier alpha value is -3.95. The molecule has 0 aliphatic rings. The molecule has 7 aromatic rings. The second-order valence-electron chi connectivity index (χ2n) is 14.2. The number of hydrogen-bond acceptors (Lipinski definition) is 4. The fourth-order valence-electron chi connectivity index (χ4n) is 7.19. The van der Waals surface area contributed by atoms with Crippen LogP contribution in [0.5, 0.6) is 0 Å². The second-order valence-corrected chi connectivity index (χ2v) is 19.0. The Morgan fingerprint density at radius 2 is 0.656 bits per heavy atom. The largest absolute Gasteiger partial charge is 2.00 e. The van der Waals surface area contributed by atoms with E-state index in [2.05, 4.69) is 121 Å². The van der Waals surface area contributed by atoms with E-state index in [1.54, 1.807) is 0 Å². The Balaban J connectivity index is 0.000000820. The summed E-state index contributed by atoms with van der Waals surface area (Å²) in [5, 5.41) is 4.83. The van der Waals surface area contributed by atoms with Gasteiger partial charge >= 0.3 is 20.4 Å². The quantitative estimate of drug-likeness (QED) is 0.0283. The molecule has 8 heteroatoms. The summed E-state index contributed by atoms with van der Waals surface area (Å²) in [6.07, 6.45) is 0.665. The normalized spacial score (nSPS) is 11.3. The Kier molecular flexibility index (Phi) is 26.4. The summed E-state index contributed by atoms with van der Waals surface area (Å²) >= 11 is 0. The van der Waals surface area contributed by atoms with Gasteiger partial charge in [-0.1, -0.05) is 182 Å². The van der Waals surface area contributed by atoms with Crippen LogP contribution in [-0.4, -0.2) is 38.0 Å². The number of halogens is 1. The first kappa shape index (κ1) is 54.4. The number of carbonyl (C=O) groups excluding carboxylic acids is 2. The van der Waals surface area contributed by atoms with E-state index in [1.807, 2.05) is 113 Å². The topological polar surface area (TPSA) is 52.6 Å². The number of carbonyl (C=O) groups is 2. The van der Waals surface area contributed by atoms with Crippen LogP contribution in [-0.2, 0) is 29.9 Å². The number of benzene rings is 7. The van der Waals surface area contributed by atoms with Crippen molar-refractivity contribution in [3.05, 3.63) is 229 Å². The Bertz CT molecular complexity index is 2060. The molecule has 0 unspecified atom stereocenters. The fraction of sp³-hybridized carbons (Fsp3) is 0.214. The van der Waals surface area contributed by atoms with Crippen LogP contribution in [0.3, 0.4) is 0 Å². The Morgan fingerprint density at radius 1 is 0.406 bits per heavy atom. The molecule has 2 atom stereocenters. The van der Waals surface area contributed by atoms with Crippen LogP contribution in [0.15, 0.2) is 200 Å². The summed E-state index contributed by atoms with van der Waals surface area (Å²) in [4.78, 5) is 28.3. The van der Waals surface area contributed by atoms with Gasteiger partial charge in [-0.15, -0.1) is 0 Å². The van der Waals surface area contributed by atoms with Crippen molar-refractivity contribution in [1.82, 2.24) is 0 Å². The molecule has 0 heterocycles. The molecular formula is C56H59IO4P2Pd. The van der Waals surface area contributed by atoms with Crippen molar-refractivity contribution in [2.24, 2.45) is 0 Å². The van der Waals surface area contributed by atoms with Crippen LogP contribution in [0.1, 0.15) is 83.7 Å². The predicted octanol–water partition coefficient (Wildman–Crippen LogP) is 9.47. The van der Waals surface area contributed by atoms with Gasteiger partial charge in [-0.25, -0.2) is 0 Å². The summed E-state index contributed by atoms with van der Waals surface area (Å²) < 4.78 is 9.67. The molecule has 0 saturated heterocycles. The standard InChI is InChI=1S/C48H39O2P2.2C4H10O.HI.Pd/c49-45(37-20-7-1-8-21-37)35-47(51(41-26-11-3-12-27-41)42-28-13-4-14-29-42)39-24-19-25-40(34-39)48(36-46(50)38-22-9-2-10-23-38)52(43-30-15-5-16-31-43)44-32-17-6-18-33-44;2*1-3-5-4-2;;/h1-33,47-48H,35-36H2;2*3-4H2,1-2H3;1H;/q-1;;;;+2/p-1/t47-,48-;;;;/m1..../s1. The second kappa shape index (κ2) is 31.1. The third-order valence-corrected chi connectivity index (χ3v) is 15.7. The third-order valence-electron chi connectivity index (χ3n) is 10.1. The molecule has 0 aliphatic carbocycles. The zero-order chi connectivity index (χ0) is 43.8. The zero-order valence-corrected chi connectivity index (χ0v) is 42.7. The van der Waals surface area contributed by atoms with Crippen molar-refractivity contribution in [2.75, 3.05) is 26.4 Å². The summed E-state index contributed by atoms with van der Waals surface area (Å²) in [6, 6.07) is 71.9. The van der Waals surface area contributed by atoms with Gasteiger partial charge in [0, 0.05) is 50.4 Å². The van der Waals surface area contributed by atoms with Gasteiger partial charge in [-0.05, 0) is 76.1 Å². The van der Waals surface area contributed by atoms with Crippen LogP contribution >= 0.6 is 15.8 Å². The van der Waals surface area contributed by atoms with E-state index in [0.717, 1.165) is 37.6 Å². The fourth-order valence-corrected chi connectivity index (χ4v) is 12.8. The minimum atomic E-state index is -1.01. The minimum absolute atomic E-state index is 0. The molecule has 64 heavy (non-hydrogen) atoms. The molecule has 0 aromatic heterocycles. The van der Waals surface area contributed by atoms with Crippen molar-refractivity contribution < 1.29 is 63.5 Å². The van der Waals surface area contributed by atoms with Gasteiger partial charge in [0.2, 0.25) is 0 Å². The monoisotopic (exact) mass is 1090 g/mol. The number of ether oxygens (including phenoxy) is 2. The average Bonchev–Trinajstić information content (AvgIpc) is 3.34. The smallest absolute Gasteiger partial charge is 1.00 e. The van der Waals surface area contributed by atoms with Gasteiger partial charge in [-0.2, -0.15) is 35.4 Å². The summed E-state index contributed by atoms with van der Waals surface area (Å²) in [5.74, 6) is 0.214. The number of rotatable bonds is 18. The minimum Gasteiger partial charge on any atom is -1.00 e. The van der Waals surface area contributed by atoms with Crippen LogP contribution in [0, 0.1) is 6.07 Å². The molecule has 0 N–H and O–H groups in total. The molecule has 7 rings (SSSR count). The maximum atomic E-state index is 14.1. The van der Waals surface area contributed by atoms with E-state index >= 15 is 0 Å². The maximum absolute atomic E-state index is 14.1. The average molecular weight is 1090 g/mol. The first-order valence-electron chi connectivity index (χ1n) is 21.6. The van der Waals surface area contributed by atoms with E-state index in [9.17, 15) is 9.59 Å². The van der Waals surface area contributed by atoms with Crippen molar-refractivity contribution in [2.45, 2.75) is 51.9 Å². The van der Waals surface area contributed by atoms with E-state index in [1.165, 1.54) is 21.2 Å². The van der Waals surface area contributed by atoms with E-state index in [4.69, 9.17) is 9.47 Å². The first-order chi connectivity index (χ1) is 30.5. The number of ketones is 2. The van der Waals surface area contributed by atoms with E-state index < -0.39 is 15.8 Å². The van der Waals surface area contributed by atoms with Gasteiger partial charge in [0.25, 0.3) is 0 Å². The first-order valence-corrected chi connectivity index (χ1v) is 24.4. The molecule has 0 bridgehead atoms. The van der Waals surface area contributed by atoms with Gasteiger partial charge in [0.05, 0.1) is 0 Å². The number of hydrogen-bond donors (Lipinski definition) is 0. The van der Waals surface area contributed by atoms with Gasteiger partial charge in [-0.3, -0.25) is 9.59 Å². The SMILES string of the molecule is CCOCC.CCOCC.O=C(C[C@H](c1[c-]c([C@@H](CC(=O)c2ccccc2)P(c2ccccc2)c2ccccc2)ccc1)P(c1ccccc1)c1ccccc1)c1ccccc1.[I-].[Pd+2]. The summed E-state index contributed by atoms with van der Waals surface area (Å²) in [6.45, 7) is 11.3. The molecule has 7 aromatic carbocycles. The van der Waals surface area contributed by atoms with Crippen molar-refractivity contribution in [3.63, 3.8) is 0 Å². The predicted molar refractivity (Wildman–Crippen MR) is 264 cm³/mol. The van der Waals surface area contributed by atoms with E-state index in [-0.39, 0.29) is 67.3 Å². The van der Waals surface area contributed by atoms with Crippen LogP contribution in [0.2, 0.25) is 0 Å². The molecule has 0 amide bonds. The molecule has 0 spiro atoms. The van der Waals surface area contributed by atoms with Crippen molar-refractivity contribution in [3.8, 4) is 0 Å². The van der Waals surface area contributed by atoms with Crippen molar-refractivity contribution >= 4 is 48.6 Å². The van der Waals surface area contributed by atoms with Gasteiger partial charge in [0.15, 0.2) is 11.6 Å². The Labute approximate surface area is 415 Å². The molecule has 334 valence electrons. The zero-order valence-electron chi connectivity index (χ0n) is 37.2. The molecule has 0 fully saturated rings. The molecule has 0 saturated carbocycles. The summed E-state index contributed by atoms with van der Waals surface area (Å²) in [7, 11) is -2.03. The molecule has 0 radical (unpaired) electrons. The number of Topliss-reactive ketones (excluding diaryl/α,β-unsaturated/α-hetero) is 2. The van der Waals surface area contributed by atoms with Crippen LogP contribution in [0.25, 0.3) is 0 Å². The summed E-state index contributed by atoms with van der Waals surface area (Å²) in [5.41, 5.74) is 3.10. The maximum Gasteiger partial charge on any atom is 2.00 e. The van der Waals surface area contributed by atoms with E-state index in [0.29, 0.717) is 24.0 Å².